The number of aromatic nitrogens is 2. The van der Waals surface area contributed by atoms with Crippen LogP contribution in [0.4, 0.5) is 0 Å². The van der Waals surface area contributed by atoms with Crippen LogP contribution >= 0.6 is 34.9 Å². The second-order valence-corrected chi connectivity index (χ2v) is 7.42. The maximum Gasteiger partial charge on any atom is 0.235 e. The largest absolute Gasteiger partial charge is 0.368 e. The lowest BCUT2D eigenvalue weighted by Gasteiger charge is -2.10. The molecular formula is C12H13N3OS3. The van der Waals surface area contributed by atoms with Crippen molar-refractivity contribution in [3.63, 3.8) is 0 Å². The lowest BCUT2D eigenvalue weighted by atomic mass is 10.1. The molecule has 2 aromatic rings. The van der Waals surface area contributed by atoms with E-state index in [2.05, 4.69) is 17.1 Å². The number of rotatable bonds is 6. The van der Waals surface area contributed by atoms with Gasteiger partial charge in [0.2, 0.25) is 5.91 Å². The minimum Gasteiger partial charge on any atom is -0.368 e. The van der Waals surface area contributed by atoms with Crippen LogP contribution in [0.1, 0.15) is 17.7 Å². The predicted octanol–water partition coefficient (Wildman–Crippen LogP) is 2.97. The molecule has 0 bridgehead atoms. The van der Waals surface area contributed by atoms with Crippen LogP contribution in [-0.4, -0.2) is 21.9 Å². The number of hydrogen-bond acceptors (Lipinski definition) is 6. The normalized spacial score (nSPS) is 12.3. The molecular weight excluding hydrogens is 298 g/mol. The summed E-state index contributed by atoms with van der Waals surface area (Å²) in [6.07, 6.45) is 0. The number of carbonyl (C=O) groups is 1. The SMILES string of the molecule is CCSc1nnc(S[C@H](C(N)=O)c2ccccc2)s1. The van der Waals surface area contributed by atoms with Gasteiger partial charge in [0.25, 0.3) is 0 Å². The van der Waals surface area contributed by atoms with Crippen LogP contribution in [0.2, 0.25) is 0 Å². The molecule has 0 radical (unpaired) electrons. The van der Waals surface area contributed by atoms with Crippen molar-refractivity contribution in [2.24, 2.45) is 5.73 Å². The lowest BCUT2D eigenvalue weighted by Crippen LogP contribution is -2.18. The van der Waals surface area contributed by atoms with E-state index in [1.807, 2.05) is 30.3 Å². The fourth-order valence-corrected chi connectivity index (χ4v) is 4.51. The molecule has 0 aliphatic rings. The predicted molar refractivity (Wildman–Crippen MR) is 80.5 cm³/mol. The Hall–Kier alpha value is -1.05. The Balaban J connectivity index is 2.15. The standard InChI is InChI=1S/C12H13N3OS3/c1-2-17-11-14-15-12(19-11)18-9(10(13)16)8-6-4-3-5-7-8/h3-7,9H,2H2,1H3,(H2,13,16)/t9-/m0/s1. The minimum atomic E-state index is -0.423. The molecule has 2 rings (SSSR count). The third kappa shape index (κ3) is 3.95. The Morgan fingerprint density at radius 2 is 2.00 bits per heavy atom. The van der Waals surface area contributed by atoms with Crippen molar-refractivity contribution in [3.8, 4) is 0 Å². The van der Waals surface area contributed by atoms with Crippen molar-refractivity contribution in [3.05, 3.63) is 35.9 Å². The highest BCUT2D eigenvalue weighted by atomic mass is 32.2. The second-order valence-electron chi connectivity index (χ2n) is 3.58. The molecule has 0 fully saturated rings. The van der Waals surface area contributed by atoms with E-state index in [9.17, 15) is 4.79 Å². The van der Waals surface area contributed by atoms with E-state index in [-0.39, 0.29) is 5.91 Å². The van der Waals surface area contributed by atoms with Crippen molar-refractivity contribution < 1.29 is 4.79 Å². The summed E-state index contributed by atoms with van der Waals surface area (Å²) < 4.78 is 1.69. The molecule has 0 aliphatic carbocycles. The zero-order valence-electron chi connectivity index (χ0n) is 10.3. The molecule has 2 N–H and O–H groups in total. The molecule has 1 atom stereocenters. The molecule has 1 aromatic carbocycles. The molecule has 0 spiro atoms. The highest BCUT2D eigenvalue weighted by Crippen LogP contribution is 2.38. The lowest BCUT2D eigenvalue weighted by molar-refractivity contribution is -0.117. The van der Waals surface area contributed by atoms with Gasteiger partial charge in [-0.05, 0) is 11.3 Å². The smallest absolute Gasteiger partial charge is 0.235 e. The van der Waals surface area contributed by atoms with Gasteiger partial charge in [0.05, 0.1) is 0 Å². The second kappa shape index (κ2) is 6.93. The highest BCUT2D eigenvalue weighted by Gasteiger charge is 2.21. The van der Waals surface area contributed by atoms with E-state index in [1.54, 1.807) is 11.8 Å². The molecule has 1 heterocycles. The van der Waals surface area contributed by atoms with Crippen LogP contribution in [0.25, 0.3) is 0 Å². The first-order valence-electron chi connectivity index (χ1n) is 5.68. The molecule has 7 heteroatoms. The van der Waals surface area contributed by atoms with Gasteiger partial charge < -0.3 is 5.73 Å². The summed E-state index contributed by atoms with van der Waals surface area (Å²) in [5, 5.41) is 7.73. The summed E-state index contributed by atoms with van der Waals surface area (Å²) in [4.78, 5) is 11.6. The number of nitrogens with two attached hydrogens (primary N) is 1. The van der Waals surface area contributed by atoms with Gasteiger partial charge in [-0.15, -0.1) is 10.2 Å². The summed E-state index contributed by atoms with van der Waals surface area (Å²) >= 11 is 4.49. The average molecular weight is 311 g/mol. The molecule has 0 saturated heterocycles. The van der Waals surface area contributed by atoms with Crippen LogP contribution in [0, 0.1) is 0 Å². The fraction of sp³-hybridized carbons (Fsp3) is 0.250. The van der Waals surface area contributed by atoms with Crippen molar-refractivity contribution in [2.75, 3.05) is 5.75 Å². The van der Waals surface area contributed by atoms with E-state index < -0.39 is 5.25 Å². The van der Waals surface area contributed by atoms with Gasteiger partial charge >= 0.3 is 0 Å². The van der Waals surface area contributed by atoms with Crippen LogP contribution in [0.5, 0.6) is 0 Å². The van der Waals surface area contributed by atoms with Gasteiger partial charge in [0.1, 0.15) is 5.25 Å². The molecule has 4 nitrogen and oxygen atoms in total. The summed E-state index contributed by atoms with van der Waals surface area (Å²) in [7, 11) is 0. The van der Waals surface area contributed by atoms with Gasteiger partial charge in [0.15, 0.2) is 8.68 Å². The Morgan fingerprint density at radius 1 is 1.32 bits per heavy atom. The summed E-state index contributed by atoms with van der Waals surface area (Å²) in [6, 6.07) is 9.48. The first-order valence-corrected chi connectivity index (χ1v) is 8.36. The first-order chi connectivity index (χ1) is 9.20. The Labute approximate surface area is 124 Å². The first kappa shape index (κ1) is 14.4. The van der Waals surface area contributed by atoms with Crippen LogP contribution in [0.3, 0.4) is 0 Å². The number of benzene rings is 1. The maximum absolute atomic E-state index is 11.6. The molecule has 0 aliphatic heterocycles. The zero-order chi connectivity index (χ0) is 13.7. The van der Waals surface area contributed by atoms with Gasteiger partial charge in [0, 0.05) is 0 Å². The number of primary amides is 1. The van der Waals surface area contributed by atoms with E-state index in [0.29, 0.717) is 0 Å². The Morgan fingerprint density at radius 3 is 2.63 bits per heavy atom. The number of nitrogens with zero attached hydrogens (tertiary/aromatic N) is 2. The van der Waals surface area contributed by atoms with E-state index in [0.717, 1.165) is 20.0 Å². The molecule has 0 saturated carbocycles. The van der Waals surface area contributed by atoms with E-state index in [1.165, 1.54) is 23.1 Å². The minimum absolute atomic E-state index is 0.365. The van der Waals surface area contributed by atoms with Gasteiger partial charge in [-0.1, -0.05) is 72.1 Å². The summed E-state index contributed by atoms with van der Waals surface area (Å²) in [5.41, 5.74) is 6.36. The van der Waals surface area contributed by atoms with Gasteiger partial charge in [-0.2, -0.15) is 0 Å². The Kier molecular flexibility index (Phi) is 5.24. The summed E-state index contributed by atoms with van der Waals surface area (Å²) in [6.45, 7) is 2.06. The third-order valence-electron chi connectivity index (χ3n) is 2.24. The maximum atomic E-state index is 11.6. The van der Waals surface area contributed by atoms with Crippen molar-refractivity contribution in [1.29, 1.82) is 0 Å². The number of thioether (sulfide) groups is 2. The van der Waals surface area contributed by atoms with Crippen LogP contribution < -0.4 is 5.73 Å². The molecule has 0 unspecified atom stereocenters. The number of hydrogen-bond donors (Lipinski definition) is 1. The van der Waals surface area contributed by atoms with Crippen molar-refractivity contribution >= 4 is 40.8 Å². The molecule has 19 heavy (non-hydrogen) atoms. The van der Waals surface area contributed by atoms with E-state index >= 15 is 0 Å². The third-order valence-corrected chi connectivity index (χ3v) is 5.53. The topological polar surface area (TPSA) is 68.9 Å². The zero-order valence-corrected chi connectivity index (χ0v) is 12.7. The van der Waals surface area contributed by atoms with Crippen LogP contribution in [0.15, 0.2) is 39.0 Å². The number of carbonyl (C=O) groups excluding carboxylic acids is 1. The molecule has 1 amide bonds. The van der Waals surface area contributed by atoms with Gasteiger partial charge in [-0.25, -0.2) is 0 Å². The van der Waals surface area contributed by atoms with Gasteiger partial charge in [-0.3, -0.25) is 4.79 Å². The monoisotopic (exact) mass is 311 g/mol. The highest BCUT2D eigenvalue weighted by molar-refractivity contribution is 8.03. The van der Waals surface area contributed by atoms with Crippen LogP contribution in [-0.2, 0) is 4.79 Å². The Bertz CT molecular complexity index is 544. The molecule has 1 aromatic heterocycles. The summed E-state index contributed by atoms with van der Waals surface area (Å²) in [5.74, 6) is 0.591. The molecule has 100 valence electrons. The van der Waals surface area contributed by atoms with Crippen molar-refractivity contribution in [2.45, 2.75) is 20.9 Å². The quantitative estimate of drug-likeness (QED) is 0.831. The van der Waals surface area contributed by atoms with E-state index in [4.69, 9.17) is 5.73 Å². The van der Waals surface area contributed by atoms with Crippen molar-refractivity contribution in [1.82, 2.24) is 10.2 Å². The fourth-order valence-electron chi connectivity index (χ4n) is 1.45. The number of amides is 1. The average Bonchev–Trinajstić information content (AvgIpc) is 2.85.